The Morgan fingerprint density at radius 2 is 1.53 bits per heavy atom. The van der Waals surface area contributed by atoms with Crippen molar-refractivity contribution >= 4 is 0 Å². The predicted molar refractivity (Wildman–Crippen MR) is 68.1 cm³/mol. The maximum Gasteiger partial charge on any atom is 0.00900 e. The quantitative estimate of drug-likeness (QED) is 0.683. The maximum absolute atomic E-state index is 2.71. The van der Waals surface area contributed by atoms with Crippen molar-refractivity contribution in [2.75, 3.05) is 13.1 Å². The van der Waals surface area contributed by atoms with Gasteiger partial charge in [-0.2, -0.15) is 0 Å². The first kappa shape index (κ1) is 13.0. The van der Waals surface area contributed by atoms with Crippen LogP contribution in [-0.4, -0.2) is 24.0 Å². The molecule has 0 unspecified atom stereocenters. The van der Waals surface area contributed by atoms with Crippen molar-refractivity contribution < 1.29 is 0 Å². The van der Waals surface area contributed by atoms with Crippen LogP contribution in [0.25, 0.3) is 0 Å². The summed E-state index contributed by atoms with van der Waals surface area (Å²) in [5.74, 6) is 0.933. The molecule has 0 N–H and O–H groups in total. The van der Waals surface area contributed by atoms with E-state index in [-0.39, 0.29) is 0 Å². The van der Waals surface area contributed by atoms with Gasteiger partial charge in [0.25, 0.3) is 0 Å². The van der Waals surface area contributed by atoms with Gasteiger partial charge in [0, 0.05) is 6.04 Å². The van der Waals surface area contributed by atoms with E-state index in [2.05, 4.69) is 39.5 Å². The summed E-state index contributed by atoms with van der Waals surface area (Å²) in [6.07, 6.45) is 5.44. The van der Waals surface area contributed by atoms with Crippen LogP contribution in [0.4, 0.5) is 0 Å². The summed E-state index contributed by atoms with van der Waals surface area (Å²) in [7, 11) is 0. The first-order chi connectivity index (χ1) is 6.99. The Labute approximate surface area is 96.2 Å². The Morgan fingerprint density at radius 3 is 1.87 bits per heavy atom. The SMILES string of the molecule is CCC(CC)N1CCC(C(C)(C)C)CC1. The largest absolute Gasteiger partial charge is 0.300 e. The van der Waals surface area contributed by atoms with Crippen LogP contribution in [0.5, 0.6) is 0 Å². The van der Waals surface area contributed by atoms with E-state index in [0.29, 0.717) is 5.41 Å². The lowest BCUT2D eigenvalue weighted by Crippen LogP contribution is -2.43. The second kappa shape index (κ2) is 5.34. The molecule has 0 radical (unpaired) electrons. The van der Waals surface area contributed by atoms with Crippen molar-refractivity contribution in [1.82, 2.24) is 4.90 Å². The van der Waals surface area contributed by atoms with Crippen LogP contribution >= 0.6 is 0 Å². The first-order valence-corrected chi connectivity index (χ1v) is 6.73. The molecule has 0 bridgehead atoms. The van der Waals surface area contributed by atoms with Crippen molar-refractivity contribution in [2.45, 2.75) is 66.3 Å². The van der Waals surface area contributed by atoms with Gasteiger partial charge in [0.05, 0.1) is 0 Å². The van der Waals surface area contributed by atoms with Crippen molar-refractivity contribution in [1.29, 1.82) is 0 Å². The van der Waals surface area contributed by atoms with E-state index in [9.17, 15) is 0 Å². The van der Waals surface area contributed by atoms with Crippen molar-refractivity contribution in [3.63, 3.8) is 0 Å². The van der Waals surface area contributed by atoms with Crippen molar-refractivity contribution in [3.05, 3.63) is 0 Å². The molecule has 0 saturated carbocycles. The van der Waals surface area contributed by atoms with Gasteiger partial charge in [-0.1, -0.05) is 34.6 Å². The number of piperidine rings is 1. The summed E-state index contributed by atoms with van der Waals surface area (Å²) in [4.78, 5) is 2.71. The van der Waals surface area contributed by atoms with Gasteiger partial charge in [-0.3, -0.25) is 0 Å². The van der Waals surface area contributed by atoms with Crippen LogP contribution in [-0.2, 0) is 0 Å². The Bertz CT molecular complexity index is 168. The summed E-state index contributed by atoms with van der Waals surface area (Å²) < 4.78 is 0. The number of hydrogen-bond donors (Lipinski definition) is 0. The monoisotopic (exact) mass is 211 g/mol. The number of nitrogens with zero attached hydrogens (tertiary/aromatic N) is 1. The average molecular weight is 211 g/mol. The first-order valence-electron chi connectivity index (χ1n) is 6.73. The molecule has 1 heterocycles. The lowest BCUT2D eigenvalue weighted by molar-refractivity contribution is 0.0795. The molecule has 15 heavy (non-hydrogen) atoms. The topological polar surface area (TPSA) is 3.24 Å². The third kappa shape index (κ3) is 3.48. The average Bonchev–Trinajstić information content (AvgIpc) is 2.19. The molecule has 1 aliphatic heterocycles. The maximum atomic E-state index is 2.71. The molecule has 0 aliphatic carbocycles. The molecular weight excluding hydrogens is 182 g/mol. The van der Waals surface area contributed by atoms with Crippen LogP contribution in [0.15, 0.2) is 0 Å². The van der Waals surface area contributed by atoms with Crippen LogP contribution in [0.1, 0.15) is 60.3 Å². The molecule has 0 spiro atoms. The summed E-state index contributed by atoms with van der Waals surface area (Å²) in [6, 6.07) is 0.839. The molecule has 1 fully saturated rings. The molecular formula is C14H29N. The fraction of sp³-hybridized carbons (Fsp3) is 1.00. The van der Waals surface area contributed by atoms with E-state index in [0.717, 1.165) is 12.0 Å². The molecule has 90 valence electrons. The fourth-order valence-corrected chi connectivity index (χ4v) is 2.94. The number of hydrogen-bond acceptors (Lipinski definition) is 1. The highest BCUT2D eigenvalue weighted by molar-refractivity contribution is 4.82. The second-order valence-electron chi connectivity index (χ2n) is 6.15. The third-order valence-electron chi connectivity index (χ3n) is 4.21. The van der Waals surface area contributed by atoms with Crippen LogP contribution < -0.4 is 0 Å². The molecule has 0 aromatic heterocycles. The summed E-state index contributed by atoms with van der Waals surface area (Å²) in [6.45, 7) is 14.5. The standard InChI is InChI=1S/C14H29N/c1-6-13(7-2)15-10-8-12(9-11-15)14(3,4)5/h12-13H,6-11H2,1-5H3. The van der Waals surface area contributed by atoms with E-state index in [1.807, 2.05) is 0 Å². The normalized spacial score (nSPS) is 21.2. The van der Waals surface area contributed by atoms with Crippen molar-refractivity contribution in [2.24, 2.45) is 11.3 Å². The van der Waals surface area contributed by atoms with Gasteiger partial charge in [0.2, 0.25) is 0 Å². The van der Waals surface area contributed by atoms with Gasteiger partial charge < -0.3 is 4.90 Å². The van der Waals surface area contributed by atoms with Gasteiger partial charge in [0.15, 0.2) is 0 Å². The molecule has 1 saturated heterocycles. The predicted octanol–water partition coefficient (Wildman–Crippen LogP) is 3.93. The van der Waals surface area contributed by atoms with Crippen LogP contribution in [0, 0.1) is 11.3 Å². The van der Waals surface area contributed by atoms with E-state index in [4.69, 9.17) is 0 Å². The Balaban J connectivity index is 2.42. The molecule has 1 heteroatoms. The zero-order chi connectivity index (χ0) is 11.5. The summed E-state index contributed by atoms with van der Waals surface area (Å²) in [5.41, 5.74) is 0.514. The molecule has 1 nitrogen and oxygen atoms in total. The zero-order valence-electron chi connectivity index (χ0n) is 11.3. The van der Waals surface area contributed by atoms with E-state index >= 15 is 0 Å². The fourth-order valence-electron chi connectivity index (χ4n) is 2.94. The Hall–Kier alpha value is -0.0400. The Kier molecular flexibility index (Phi) is 4.64. The molecule has 0 atom stereocenters. The highest BCUT2D eigenvalue weighted by Crippen LogP contribution is 2.35. The Morgan fingerprint density at radius 1 is 1.07 bits per heavy atom. The van der Waals surface area contributed by atoms with Crippen LogP contribution in [0.2, 0.25) is 0 Å². The minimum absolute atomic E-state index is 0.514. The minimum atomic E-state index is 0.514. The molecule has 1 aliphatic rings. The van der Waals surface area contributed by atoms with Gasteiger partial charge in [-0.05, 0) is 50.1 Å². The molecule has 0 aromatic carbocycles. The van der Waals surface area contributed by atoms with Crippen molar-refractivity contribution in [3.8, 4) is 0 Å². The van der Waals surface area contributed by atoms with E-state index in [1.165, 1.54) is 38.8 Å². The second-order valence-corrected chi connectivity index (χ2v) is 6.15. The van der Waals surface area contributed by atoms with Gasteiger partial charge >= 0.3 is 0 Å². The summed E-state index contributed by atoms with van der Waals surface area (Å²) in [5, 5.41) is 0. The lowest BCUT2D eigenvalue weighted by atomic mass is 9.75. The van der Waals surface area contributed by atoms with E-state index < -0.39 is 0 Å². The van der Waals surface area contributed by atoms with Gasteiger partial charge in [-0.15, -0.1) is 0 Å². The molecule has 1 rings (SSSR count). The third-order valence-corrected chi connectivity index (χ3v) is 4.21. The molecule has 0 amide bonds. The van der Waals surface area contributed by atoms with Gasteiger partial charge in [0.1, 0.15) is 0 Å². The highest BCUT2D eigenvalue weighted by Gasteiger charge is 2.30. The number of likely N-dealkylation sites (tertiary alicyclic amines) is 1. The number of rotatable bonds is 3. The lowest BCUT2D eigenvalue weighted by Gasteiger charge is -2.41. The van der Waals surface area contributed by atoms with Gasteiger partial charge in [-0.25, -0.2) is 0 Å². The summed E-state index contributed by atoms with van der Waals surface area (Å²) >= 11 is 0. The smallest absolute Gasteiger partial charge is 0.00900 e. The zero-order valence-corrected chi connectivity index (χ0v) is 11.3. The minimum Gasteiger partial charge on any atom is -0.300 e. The van der Waals surface area contributed by atoms with E-state index in [1.54, 1.807) is 0 Å². The molecule has 0 aromatic rings. The highest BCUT2D eigenvalue weighted by atomic mass is 15.2. The van der Waals surface area contributed by atoms with Crippen LogP contribution in [0.3, 0.4) is 0 Å².